The van der Waals surface area contributed by atoms with Crippen LogP contribution in [0.15, 0.2) is 18.2 Å². The molecule has 0 radical (unpaired) electrons. The summed E-state index contributed by atoms with van der Waals surface area (Å²) in [6, 6.07) is 5.20. The van der Waals surface area contributed by atoms with Crippen LogP contribution >= 0.6 is 11.6 Å². The smallest absolute Gasteiger partial charge is 0.123 e. The second-order valence-electron chi connectivity index (χ2n) is 5.65. The van der Waals surface area contributed by atoms with Gasteiger partial charge < -0.3 is 15.2 Å². The predicted octanol–water partition coefficient (Wildman–Crippen LogP) is 3.80. The summed E-state index contributed by atoms with van der Waals surface area (Å²) in [5.74, 6) is 0.742. The predicted molar refractivity (Wildman–Crippen MR) is 79.8 cm³/mol. The molecule has 19 heavy (non-hydrogen) atoms. The Bertz CT molecular complexity index is 415. The highest BCUT2D eigenvalue weighted by Gasteiger charge is 2.33. The maximum Gasteiger partial charge on any atom is 0.123 e. The van der Waals surface area contributed by atoms with E-state index in [1.54, 1.807) is 13.2 Å². The molecule has 2 atom stereocenters. The highest BCUT2D eigenvalue weighted by molar-refractivity contribution is 6.30. The van der Waals surface area contributed by atoms with E-state index in [1.165, 1.54) is 0 Å². The van der Waals surface area contributed by atoms with Crippen LogP contribution < -0.4 is 10.5 Å². The van der Waals surface area contributed by atoms with Crippen molar-refractivity contribution in [2.24, 2.45) is 11.1 Å². The maximum atomic E-state index is 6.39. The summed E-state index contributed by atoms with van der Waals surface area (Å²) in [6.45, 7) is 8.94. The monoisotopic (exact) mass is 285 g/mol. The van der Waals surface area contributed by atoms with Crippen molar-refractivity contribution in [1.29, 1.82) is 0 Å². The standard InChI is InChI=1S/C15H24ClNO2/c1-6-19-14(15(2,3)4)13(17)11-9-10(16)7-8-12(11)18-5/h7-9,13-14H,6,17H2,1-5H3. The number of hydrogen-bond donors (Lipinski definition) is 1. The van der Waals surface area contributed by atoms with Crippen LogP contribution in [0.25, 0.3) is 0 Å². The van der Waals surface area contributed by atoms with Gasteiger partial charge >= 0.3 is 0 Å². The Labute approximate surface area is 121 Å². The van der Waals surface area contributed by atoms with E-state index in [4.69, 9.17) is 26.8 Å². The van der Waals surface area contributed by atoms with Gasteiger partial charge in [-0.1, -0.05) is 32.4 Å². The Kier molecular flexibility index (Phi) is 5.65. The third-order valence-electron chi connectivity index (χ3n) is 3.08. The molecular formula is C15H24ClNO2. The molecule has 0 aromatic heterocycles. The van der Waals surface area contributed by atoms with Crippen LogP contribution in [0.2, 0.25) is 5.02 Å². The van der Waals surface area contributed by atoms with E-state index >= 15 is 0 Å². The van der Waals surface area contributed by atoms with E-state index in [-0.39, 0.29) is 17.6 Å². The van der Waals surface area contributed by atoms with Crippen molar-refractivity contribution >= 4 is 11.6 Å². The minimum atomic E-state index is -0.284. The highest BCUT2D eigenvalue weighted by atomic mass is 35.5. The number of nitrogens with two attached hydrogens (primary N) is 1. The number of halogens is 1. The molecule has 0 fully saturated rings. The topological polar surface area (TPSA) is 44.5 Å². The second kappa shape index (κ2) is 6.60. The molecule has 0 aliphatic carbocycles. The van der Waals surface area contributed by atoms with Crippen LogP contribution in [0.5, 0.6) is 5.75 Å². The van der Waals surface area contributed by atoms with Crippen LogP contribution in [-0.4, -0.2) is 19.8 Å². The average Bonchev–Trinajstić information content (AvgIpc) is 2.33. The molecule has 0 saturated heterocycles. The Morgan fingerprint density at radius 3 is 2.42 bits per heavy atom. The molecule has 0 amide bonds. The molecule has 1 aromatic carbocycles. The van der Waals surface area contributed by atoms with Crippen molar-refractivity contribution in [3.05, 3.63) is 28.8 Å². The zero-order valence-electron chi connectivity index (χ0n) is 12.4. The Balaban J connectivity index is 3.15. The number of hydrogen-bond acceptors (Lipinski definition) is 3. The fourth-order valence-electron chi connectivity index (χ4n) is 2.20. The Morgan fingerprint density at radius 1 is 1.32 bits per heavy atom. The lowest BCUT2D eigenvalue weighted by atomic mass is 9.82. The van der Waals surface area contributed by atoms with Crippen molar-refractivity contribution in [2.45, 2.75) is 39.8 Å². The third kappa shape index (κ3) is 4.10. The van der Waals surface area contributed by atoms with Crippen LogP contribution in [0.3, 0.4) is 0 Å². The van der Waals surface area contributed by atoms with E-state index in [2.05, 4.69) is 20.8 Å². The lowest BCUT2D eigenvalue weighted by Gasteiger charge is -2.35. The molecule has 2 unspecified atom stereocenters. The lowest BCUT2D eigenvalue weighted by Crippen LogP contribution is -2.39. The van der Waals surface area contributed by atoms with Crippen LogP contribution in [0.4, 0.5) is 0 Å². The third-order valence-corrected chi connectivity index (χ3v) is 3.31. The molecule has 0 saturated carbocycles. The van der Waals surface area contributed by atoms with Crippen LogP contribution in [0.1, 0.15) is 39.3 Å². The normalized spacial score (nSPS) is 15.1. The van der Waals surface area contributed by atoms with Crippen molar-refractivity contribution in [3.8, 4) is 5.75 Å². The Hall–Kier alpha value is -0.770. The summed E-state index contributed by atoms with van der Waals surface area (Å²) in [5.41, 5.74) is 7.20. The minimum Gasteiger partial charge on any atom is -0.496 e. The van der Waals surface area contributed by atoms with Gasteiger partial charge in [-0.15, -0.1) is 0 Å². The van der Waals surface area contributed by atoms with Crippen molar-refractivity contribution in [2.75, 3.05) is 13.7 Å². The first kappa shape index (κ1) is 16.3. The summed E-state index contributed by atoms with van der Waals surface area (Å²) >= 11 is 6.06. The van der Waals surface area contributed by atoms with E-state index in [1.807, 2.05) is 19.1 Å². The van der Waals surface area contributed by atoms with E-state index in [0.29, 0.717) is 11.6 Å². The lowest BCUT2D eigenvalue weighted by molar-refractivity contribution is -0.0286. The van der Waals surface area contributed by atoms with E-state index in [0.717, 1.165) is 11.3 Å². The van der Waals surface area contributed by atoms with Gasteiger partial charge in [0.25, 0.3) is 0 Å². The maximum absolute atomic E-state index is 6.39. The first-order valence-electron chi connectivity index (χ1n) is 6.51. The molecule has 0 heterocycles. The van der Waals surface area contributed by atoms with E-state index < -0.39 is 0 Å². The van der Waals surface area contributed by atoms with Gasteiger partial charge in [0.2, 0.25) is 0 Å². The fraction of sp³-hybridized carbons (Fsp3) is 0.600. The average molecular weight is 286 g/mol. The van der Waals surface area contributed by atoms with Gasteiger partial charge in [-0.25, -0.2) is 0 Å². The molecule has 0 aliphatic rings. The zero-order chi connectivity index (χ0) is 14.6. The summed E-state index contributed by atoms with van der Waals surface area (Å²) < 4.78 is 11.2. The van der Waals surface area contributed by atoms with Crippen LogP contribution in [-0.2, 0) is 4.74 Å². The van der Waals surface area contributed by atoms with Gasteiger partial charge in [0.1, 0.15) is 5.75 Å². The quantitative estimate of drug-likeness (QED) is 0.895. The molecule has 2 N–H and O–H groups in total. The van der Waals surface area contributed by atoms with Crippen molar-refractivity contribution in [1.82, 2.24) is 0 Å². The molecule has 0 aliphatic heterocycles. The van der Waals surface area contributed by atoms with Gasteiger partial charge in [-0.2, -0.15) is 0 Å². The molecule has 4 heteroatoms. The summed E-state index contributed by atoms with van der Waals surface area (Å²) in [7, 11) is 1.63. The van der Waals surface area contributed by atoms with Gasteiger partial charge in [0, 0.05) is 17.2 Å². The molecule has 0 bridgehead atoms. The zero-order valence-corrected chi connectivity index (χ0v) is 13.1. The number of benzene rings is 1. The van der Waals surface area contributed by atoms with Crippen LogP contribution in [0, 0.1) is 5.41 Å². The number of ether oxygens (including phenoxy) is 2. The van der Waals surface area contributed by atoms with Gasteiger partial charge in [-0.3, -0.25) is 0 Å². The summed E-state index contributed by atoms with van der Waals surface area (Å²) in [6.07, 6.45) is -0.107. The van der Waals surface area contributed by atoms with Gasteiger partial charge in [-0.05, 0) is 30.5 Å². The molecule has 3 nitrogen and oxygen atoms in total. The SMILES string of the molecule is CCOC(C(N)c1cc(Cl)ccc1OC)C(C)(C)C. The molecule has 0 spiro atoms. The first-order chi connectivity index (χ1) is 8.81. The second-order valence-corrected chi connectivity index (χ2v) is 6.09. The summed E-state index contributed by atoms with van der Waals surface area (Å²) in [4.78, 5) is 0. The largest absolute Gasteiger partial charge is 0.496 e. The van der Waals surface area contributed by atoms with Gasteiger partial charge in [0.15, 0.2) is 0 Å². The Morgan fingerprint density at radius 2 is 1.95 bits per heavy atom. The minimum absolute atomic E-state index is 0.0667. The number of methoxy groups -OCH3 is 1. The van der Waals surface area contributed by atoms with Crippen molar-refractivity contribution < 1.29 is 9.47 Å². The molecular weight excluding hydrogens is 262 g/mol. The molecule has 1 rings (SSSR count). The van der Waals surface area contributed by atoms with E-state index in [9.17, 15) is 0 Å². The molecule has 108 valence electrons. The fourth-order valence-corrected chi connectivity index (χ4v) is 2.38. The highest BCUT2D eigenvalue weighted by Crippen LogP contribution is 2.36. The number of rotatable bonds is 5. The first-order valence-corrected chi connectivity index (χ1v) is 6.89. The summed E-state index contributed by atoms with van der Waals surface area (Å²) in [5, 5.41) is 0.649. The molecule has 1 aromatic rings. The van der Waals surface area contributed by atoms with Gasteiger partial charge in [0.05, 0.1) is 19.3 Å². The van der Waals surface area contributed by atoms with Crippen molar-refractivity contribution in [3.63, 3.8) is 0 Å².